The molecule has 4 rings (SSSR count). The minimum Gasteiger partial charge on any atom is -0.372 e. The number of anilines is 3. The Labute approximate surface area is 195 Å². The van der Waals surface area contributed by atoms with Crippen molar-refractivity contribution in [3.8, 4) is 0 Å². The van der Waals surface area contributed by atoms with Crippen LogP contribution in [0.15, 0.2) is 71.6 Å². The second kappa shape index (κ2) is 9.67. The second-order valence-electron chi connectivity index (χ2n) is 8.45. The predicted molar refractivity (Wildman–Crippen MR) is 134 cm³/mol. The molecule has 0 unspecified atom stereocenters. The van der Waals surface area contributed by atoms with Crippen LogP contribution in [0.25, 0.3) is 0 Å². The van der Waals surface area contributed by atoms with Crippen LogP contribution in [-0.2, 0) is 10.0 Å². The standard InChI is InChI=1S/C26H29N3O3S/c1-19-8-4-5-9-24(19)28-33(31,32)25-18-21(11-10-20(25)2)26(30)27-22-12-14-23(15-13-22)29-16-6-3-7-17-29/h4-5,8-15,18,28H,3,6-7,16-17H2,1-2H3,(H,27,30). The van der Waals surface area contributed by atoms with Gasteiger partial charge in [0.1, 0.15) is 0 Å². The molecule has 0 saturated carbocycles. The maximum atomic E-state index is 13.0. The van der Waals surface area contributed by atoms with Crippen LogP contribution in [-0.4, -0.2) is 27.4 Å². The summed E-state index contributed by atoms with van der Waals surface area (Å²) in [4.78, 5) is 15.3. The maximum Gasteiger partial charge on any atom is 0.262 e. The number of nitrogens with one attached hydrogen (secondary N) is 2. The molecule has 0 atom stereocenters. The molecule has 33 heavy (non-hydrogen) atoms. The second-order valence-corrected chi connectivity index (χ2v) is 10.1. The monoisotopic (exact) mass is 463 g/mol. The van der Waals surface area contributed by atoms with Crippen molar-refractivity contribution in [2.75, 3.05) is 28.0 Å². The topological polar surface area (TPSA) is 78.5 Å². The summed E-state index contributed by atoms with van der Waals surface area (Å²) >= 11 is 0. The lowest BCUT2D eigenvalue weighted by atomic mass is 10.1. The quantitative estimate of drug-likeness (QED) is 0.517. The zero-order chi connectivity index (χ0) is 23.4. The molecule has 0 aliphatic carbocycles. The minimum absolute atomic E-state index is 0.0823. The van der Waals surface area contributed by atoms with Gasteiger partial charge in [0.25, 0.3) is 15.9 Å². The van der Waals surface area contributed by atoms with Gasteiger partial charge in [0.05, 0.1) is 10.6 Å². The van der Waals surface area contributed by atoms with Crippen LogP contribution < -0.4 is 14.9 Å². The number of amides is 1. The summed E-state index contributed by atoms with van der Waals surface area (Å²) in [6.45, 7) is 5.67. The lowest BCUT2D eigenvalue weighted by Gasteiger charge is -2.28. The Bertz CT molecular complexity index is 1250. The van der Waals surface area contributed by atoms with Crippen LogP contribution in [0.1, 0.15) is 40.7 Å². The van der Waals surface area contributed by atoms with E-state index in [2.05, 4.69) is 14.9 Å². The van der Waals surface area contributed by atoms with Crippen molar-refractivity contribution in [3.63, 3.8) is 0 Å². The first kappa shape index (κ1) is 22.9. The van der Waals surface area contributed by atoms with E-state index in [1.807, 2.05) is 43.3 Å². The molecule has 1 fully saturated rings. The van der Waals surface area contributed by atoms with Crippen LogP contribution in [0.3, 0.4) is 0 Å². The molecule has 1 aliphatic rings. The molecule has 2 N–H and O–H groups in total. The van der Waals surface area contributed by atoms with E-state index in [9.17, 15) is 13.2 Å². The Kier molecular flexibility index (Phi) is 6.70. The third kappa shape index (κ3) is 5.37. The van der Waals surface area contributed by atoms with E-state index < -0.39 is 10.0 Å². The van der Waals surface area contributed by atoms with Gasteiger partial charge in [-0.15, -0.1) is 0 Å². The number of carbonyl (C=O) groups is 1. The number of nitrogens with zero attached hydrogens (tertiary/aromatic N) is 1. The maximum absolute atomic E-state index is 13.0. The Morgan fingerprint density at radius 2 is 1.55 bits per heavy atom. The summed E-state index contributed by atoms with van der Waals surface area (Å²) < 4.78 is 28.7. The van der Waals surface area contributed by atoms with Gasteiger partial charge in [-0.05, 0) is 86.7 Å². The van der Waals surface area contributed by atoms with E-state index in [1.165, 1.54) is 25.3 Å². The molecule has 6 nitrogen and oxygen atoms in total. The number of aryl methyl sites for hydroxylation is 2. The van der Waals surface area contributed by atoms with Crippen molar-refractivity contribution in [3.05, 3.63) is 83.4 Å². The average molecular weight is 464 g/mol. The van der Waals surface area contributed by atoms with Gasteiger partial charge >= 0.3 is 0 Å². The van der Waals surface area contributed by atoms with Crippen molar-refractivity contribution in [2.24, 2.45) is 0 Å². The molecular formula is C26H29N3O3S. The van der Waals surface area contributed by atoms with Gasteiger partial charge in [-0.25, -0.2) is 8.42 Å². The number of para-hydroxylation sites is 1. The number of hydrogen-bond acceptors (Lipinski definition) is 4. The van der Waals surface area contributed by atoms with Crippen molar-refractivity contribution < 1.29 is 13.2 Å². The molecule has 172 valence electrons. The number of sulfonamides is 1. The predicted octanol–water partition coefficient (Wildman–Crippen LogP) is 5.35. The van der Waals surface area contributed by atoms with Crippen molar-refractivity contribution in [1.29, 1.82) is 0 Å². The highest BCUT2D eigenvalue weighted by Crippen LogP contribution is 2.25. The average Bonchev–Trinajstić information content (AvgIpc) is 2.81. The van der Waals surface area contributed by atoms with Gasteiger partial charge in [-0.3, -0.25) is 9.52 Å². The van der Waals surface area contributed by atoms with Crippen LogP contribution in [0.5, 0.6) is 0 Å². The molecule has 3 aromatic rings. The normalized spacial score (nSPS) is 14.1. The molecule has 1 amide bonds. The molecule has 0 radical (unpaired) electrons. The Hall–Kier alpha value is -3.32. The van der Waals surface area contributed by atoms with Crippen LogP contribution >= 0.6 is 0 Å². The van der Waals surface area contributed by atoms with E-state index in [-0.39, 0.29) is 16.4 Å². The zero-order valence-corrected chi connectivity index (χ0v) is 19.8. The molecule has 0 bridgehead atoms. The van der Waals surface area contributed by atoms with E-state index in [0.717, 1.165) is 24.3 Å². The third-order valence-corrected chi connectivity index (χ3v) is 7.48. The highest BCUT2D eigenvalue weighted by molar-refractivity contribution is 7.92. The van der Waals surface area contributed by atoms with Crippen LogP contribution in [0.2, 0.25) is 0 Å². The summed E-state index contributed by atoms with van der Waals surface area (Å²) in [5.41, 5.74) is 4.01. The van der Waals surface area contributed by atoms with Gasteiger partial charge < -0.3 is 10.2 Å². The smallest absolute Gasteiger partial charge is 0.262 e. The Morgan fingerprint density at radius 3 is 2.24 bits per heavy atom. The van der Waals surface area contributed by atoms with Crippen molar-refractivity contribution >= 4 is 33.0 Å². The highest BCUT2D eigenvalue weighted by Gasteiger charge is 2.20. The lowest BCUT2D eigenvalue weighted by molar-refractivity contribution is 0.102. The molecule has 1 heterocycles. The summed E-state index contributed by atoms with van der Waals surface area (Å²) in [6, 6.07) is 19.7. The molecule has 0 aromatic heterocycles. The van der Waals surface area contributed by atoms with Gasteiger partial charge in [0.2, 0.25) is 0 Å². The van der Waals surface area contributed by atoms with Gasteiger partial charge in [0, 0.05) is 30.0 Å². The first-order valence-electron chi connectivity index (χ1n) is 11.2. The molecule has 1 saturated heterocycles. The van der Waals surface area contributed by atoms with Crippen LogP contribution in [0, 0.1) is 13.8 Å². The number of benzene rings is 3. The van der Waals surface area contributed by atoms with Gasteiger partial charge in [-0.1, -0.05) is 24.3 Å². The fourth-order valence-corrected chi connectivity index (χ4v) is 5.43. The number of hydrogen-bond donors (Lipinski definition) is 2. The van der Waals surface area contributed by atoms with Gasteiger partial charge in [-0.2, -0.15) is 0 Å². The molecular weight excluding hydrogens is 434 g/mol. The molecule has 7 heteroatoms. The highest BCUT2D eigenvalue weighted by atomic mass is 32.2. The summed E-state index contributed by atoms with van der Waals surface area (Å²) in [7, 11) is -3.85. The lowest BCUT2D eigenvalue weighted by Crippen LogP contribution is -2.29. The molecule has 0 spiro atoms. The third-order valence-electron chi connectivity index (χ3n) is 5.98. The van der Waals surface area contributed by atoms with Crippen LogP contribution in [0.4, 0.5) is 17.1 Å². The number of piperidine rings is 1. The first-order valence-corrected chi connectivity index (χ1v) is 12.7. The van der Waals surface area contributed by atoms with Crippen molar-refractivity contribution in [2.45, 2.75) is 38.0 Å². The summed E-state index contributed by atoms with van der Waals surface area (Å²) in [6.07, 6.45) is 3.69. The molecule has 3 aromatic carbocycles. The Morgan fingerprint density at radius 1 is 0.848 bits per heavy atom. The van der Waals surface area contributed by atoms with Crippen molar-refractivity contribution in [1.82, 2.24) is 0 Å². The van der Waals surface area contributed by atoms with E-state index in [1.54, 1.807) is 31.2 Å². The van der Waals surface area contributed by atoms with E-state index in [0.29, 0.717) is 16.9 Å². The largest absolute Gasteiger partial charge is 0.372 e. The minimum atomic E-state index is -3.85. The SMILES string of the molecule is Cc1ccccc1NS(=O)(=O)c1cc(C(=O)Nc2ccc(N3CCCCC3)cc2)ccc1C. The number of carbonyl (C=O) groups excluding carboxylic acids is 1. The summed E-state index contributed by atoms with van der Waals surface area (Å²) in [5, 5.41) is 2.87. The summed E-state index contributed by atoms with van der Waals surface area (Å²) in [5.74, 6) is -0.354. The Balaban J connectivity index is 1.51. The fourth-order valence-electron chi connectivity index (χ4n) is 4.03. The van der Waals surface area contributed by atoms with E-state index in [4.69, 9.17) is 0 Å². The van der Waals surface area contributed by atoms with Gasteiger partial charge in [0.15, 0.2) is 0 Å². The van der Waals surface area contributed by atoms with E-state index >= 15 is 0 Å². The first-order chi connectivity index (χ1) is 15.8. The molecule has 1 aliphatic heterocycles. The zero-order valence-electron chi connectivity index (χ0n) is 19.0. The number of rotatable bonds is 6. The fraction of sp³-hybridized carbons (Fsp3) is 0.269.